The zero-order valence-electron chi connectivity index (χ0n) is 14.0. The molecule has 2 aromatic carbocycles. The Morgan fingerprint density at radius 1 is 1.20 bits per heavy atom. The van der Waals surface area contributed by atoms with Crippen LogP contribution in [0.2, 0.25) is 0 Å². The van der Waals surface area contributed by atoms with Crippen molar-refractivity contribution in [1.82, 2.24) is 9.78 Å². The summed E-state index contributed by atoms with van der Waals surface area (Å²) in [5.74, 6) is -0.436. The standard InChI is InChI=1S/C19H18FN3O2/c1-12-8-16(20)15(10-17(12)21)18-9-13(2)23(22-18)19(24)25-11-14-6-4-3-5-7-14/h3-10H,11,21H2,1-2H3. The zero-order valence-corrected chi connectivity index (χ0v) is 14.0. The predicted molar refractivity (Wildman–Crippen MR) is 93.5 cm³/mol. The maximum Gasteiger partial charge on any atom is 0.435 e. The highest BCUT2D eigenvalue weighted by atomic mass is 19.1. The summed E-state index contributed by atoms with van der Waals surface area (Å²) in [5, 5.41) is 4.17. The smallest absolute Gasteiger partial charge is 0.435 e. The monoisotopic (exact) mass is 339 g/mol. The summed E-state index contributed by atoms with van der Waals surface area (Å²) in [5.41, 5.74) is 8.97. The van der Waals surface area contributed by atoms with Gasteiger partial charge in [-0.15, -0.1) is 0 Å². The lowest BCUT2D eigenvalue weighted by Gasteiger charge is -2.06. The number of hydrogen-bond donors (Lipinski definition) is 1. The second kappa shape index (κ2) is 6.76. The van der Waals surface area contributed by atoms with Crippen LogP contribution in [0.1, 0.15) is 16.8 Å². The fourth-order valence-corrected chi connectivity index (χ4v) is 2.46. The summed E-state index contributed by atoms with van der Waals surface area (Å²) < 4.78 is 20.6. The van der Waals surface area contributed by atoms with Crippen molar-refractivity contribution >= 4 is 11.8 Å². The van der Waals surface area contributed by atoms with Crippen LogP contribution in [-0.2, 0) is 11.3 Å². The van der Waals surface area contributed by atoms with E-state index in [2.05, 4.69) is 5.10 Å². The first-order valence-corrected chi connectivity index (χ1v) is 7.79. The van der Waals surface area contributed by atoms with E-state index in [1.807, 2.05) is 30.3 Å². The zero-order chi connectivity index (χ0) is 18.0. The number of ether oxygens (including phenoxy) is 1. The minimum atomic E-state index is -0.618. The molecule has 5 nitrogen and oxygen atoms in total. The average Bonchev–Trinajstić information content (AvgIpc) is 2.98. The van der Waals surface area contributed by atoms with Gasteiger partial charge in [0.15, 0.2) is 0 Å². The molecule has 3 rings (SSSR count). The first-order valence-electron chi connectivity index (χ1n) is 7.79. The maximum absolute atomic E-state index is 14.2. The highest BCUT2D eigenvalue weighted by Gasteiger charge is 2.17. The highest BCUT2D eigenvalue weighted by molar-refractivity contribution is 5.73. The minimum absolute atomic E-state index is 0.139. The quantitative estimate of drug-likeness (QED) is 0.730. The number of aromatic nitrogens is 2. The molecule has 0 unspecified atom stereocenters. The Morgan fingerprint density at radius 3 is 2.64 bits per heavy atom. The third-order valence-corrected chi connectivity index (χ3v) is 3.90. The molecular weight excluding hydrogens is 321 g/mol. The molecule has 0 atom stereocenters. The number of carbonyl (C=O) groups excluding carboxylic acids is 1. The van der Waals surface area contributed by atoms with Crippen molar-refractivity contribution in [2.75, 3.05) is 5.73 Å². The van der Waals surface area contributed by atoms with Gasteiger partial charge in [-0.3, -0.25) is 0 Å². The van der Waals surface area contributed by atoms with Crippen LogP contribution in [0.25, 0.3) is 11.3 Å². The Balaban J connectivity index is 1.83. The van der Waals surface area contributed by atoms with E-state index >= 15 is 0 Å². The molecule has 128 valence electrons. The van der Waals surface area contributed by atoms with Crippen molar-refractivity contribution in [3.8, 4) is 11.3 Å². The maximum atomic E-state index is 14.2. The molecule has 0 saturated carbocycles. The average molecular weight is 339 g/mol. The molecule has 0 aliphatic carbocycles. The Bertz CT molecular complexity index is 920. The first kappa shape index (κ1) is 16.7. The Kier molecular flexibility index (Phi) is 4.52. The lowest BCUT2D eigenvalue weighted by atomic mass is 10.1. The van der Waals surface area contributed by atoms with E-state index in [0.717, 1.165) is 10.2 Å². The van der Waals surface area contributed by atoms with Crippen LogP contribution in [0, 0.1) is 19.7 Å². The number of anilines is 1. The first-order chi connectivity index (χ1) is 12.0. The van der Waals surface area contributed by atoms with Gasteiger partial charge < -0.3 is 10.5 Å². The van der Waals surface area contributed by atoms with Crippen LogP contribution in [0.15, 0.2) is 48.5 Å². The number of carbonyl (C=O) groups is 1. The molecule has 2 N–H and O–H groups in total. The molecule has 1 aromatic heterocycles. The van der Waals surface area contributed by atoms with Crippen LogP contribution in [-0.4, -0.2) is 15.9 Å². The van der Waals surface area contributed by atoms with Gasteiger partial charge in [-0.05, 0) is 43.2 Å². The van der Waals surface area contributed by atoms with Crippen molar-refractivity contribution in [2.24, 2.45) is 0 Å². The molecule has 0 spiro atoms. The summed E-state index contributed by atoms with van der Waals surface area (Å²) in [4.78, 5) is 12.2. The van der Waals surface area contributed by atoms with E-state index in [1.54, 1.807) is 19.9 Å². The number of rotatable bonds is 3. The molecule has 0 amide bonds. The molecule has 0 saturated heterocycles. The number of halogens is 1. The molecule has 0 aliphatic rings. The number of nitrogens with zero attached hydrogens (tertiary/aromatic N) is 2. The van der Waals surface area contributed by atoms with Crippen molar-refractivity contribution in [2.45, 2.75) is 20.5 Å². The fourth-order valence-electron chi connectivity index (χ4n) is 2.46. The van der Waals surface area contributed by atoms with E-state index in [1.165, 1.54) is 12.1 Å². The van der Waals surface area contributed by atoms with Crippen LogP contribution in [0.5, 0.6) is 0 Å². The minimum Gasteiger partial charge on any atom is -0.443 e. The van der Waals surface area contributed by atoms with Gasteiger partial charge in [-0.25, -0.2) is 9.18 Å². The lowest BCUT2D eigenvalue weighted by molar-refractivity contribution is 0.137. The third kappa shape index (κ3) is 3.52. The second-order valence-corrected chi connectivity index (χ2v) is 5.81. The molecule has 6 heteroatoms. The van der Waals surface area contributed by atoms with Crippen molar-refractivity contribution in [3.63, 3.8) is 0 Å². The second-order valence-electron chi connectivity index (χ2n) is 5.81. The summed E-state index contributed by atoms with van der Waals surface area (Å²) in [6.45, 7) is 3.57. The van der Waals surface area contributed by atoms with Gasteiger partial charge in [0.25, 0.3) is 0 Å². The molecular formula is C19H18FN3O2. The van der Waals surface area contributed by atoms with Crippen molar-refractivity contribution in [3.05, 3.63) is 71.2 Å². The molecule has 0 fully saturated rings. The SMILES string of the molecule is Cc1cc(F)c(-c2cc(C)n(C(=O)OCc3ccccc3)n2)cc1N. The molecule has 25 heavy (non-hydrogen) atoms. The van der Waals surface area contributed by atoms with Crippen molar-refractivity contribution in [1.29, 1.82) is 0 Å². The van der Waals surface area contributed by atoms with Crippen LogP contribution >= 0.6 is 0 Å². The van der Waals surface area contributed by atoms with E-state index in [0.29, 0.717) is 22.6 Å². The van der Waals surface area contributed by atoms with Gasteiger partial charge in [0.2, 0.25) is 0 Å². The Morgan fingerprint density at radius 2 is 1.92 bits per heavy atom. The molecule has 1 heterocycles. The predicted octanol–water partition coefficient (Wildman–Crippen LogP) is 4.07. The summed E-state index contributed by atoms with van der Waals surface area (Å²) >= 11 is 0. The molecule has 0 bridgehead atoms. The van der Waals surface area contributed by atoms with Gasteiger partial charge in [0, 0.05) is 16.9 Å². The van der Waals surface area contributed by atoms with Crippen molar-refractivity contribution < 1.29 is 13.9 Å². The summed E-state index contributed by atoms with van der Waals surface area (Å²) in [6, 6.07) is 13.8. The number of nitrogens with two attached hydrogens (primary N) is 1. The van der Waals surface area contributed by atoms with Gasteiger partial charge in [0.05, 0.1) is 5.69 Å². The molecule has 0 aliphatic heterocycles. The highest BCUT2D eigenvalue weighted by Crippen LogP contribution is 2.27. The number of aryl methyl sites for hydroxylation is 2. The van der Waals surface area contributed by atoms with Crippen LogP contribution in [0.4, 0.5) is 14.9 Å². The van der Waals surface area contributed by atoms with E-state index in [9.17, 15) is 9.18 Å². The fraction of sp³-hybridized carbons (Fsp3) is 0.158. The van der Waals surface area contributed by atoms with E-state index in [-0.39, 0.29) is 12.2 Å². The van der Waals surface area contributed by atoms with E-state index in [4.69, 9.17) is 10.5 Å². The van der Waals surface area contributed by atoms with E-state index < -0.39 is 11.9 Å². The largest absolute Gasteiger partial charge is 0.443 e. The number of hydrogen-bond acceptors (Lipinski definition) is 4. The van der Waals surface area contributed by atoms with Gasteiger partial charge in [-0.2, -0.15) is 9.78 Å². The molecule has 0 radical (unpaired) electrons. The summed E-state index contributed by atoms with van der Waals surface area (Å²) in [6.07, 6.45) is -0.618. The third-order valence-electron chi connectivity index (χ3n) is 3.90. The molecule has 3 aromatic rings. The topological polar surface area (TPSA) is 70.1 Å². The normalized spacial score (nSPS) is 10.7. The number of benzene rings is 2. The Hall–Kier alpha value is -3.15. The van der Waals surface area contributed by atoms with Crippen LogP contribution < -0.4 is 5.73 Å². The van der Waals surface area contributed by atoms with Gasteiger partial charge in [0.1, 0.15) is 12.4 Å². The summed E-state index contributed by atoms with van der Waals surface area (Å²) in [7, 11) is 0. The van der Waals surface area contributed by atoms with Crippen LogP contribution in [0.3, 0.4) is 0 Å². The lowest BCUT2D eigenvalue weighted by Crippen LogP contribution is -2.16. The number of nitrogen functional groups attached to an aromatic ring is 1. The Labute approximate surface area is 144 Å². The van der Waals surface area contributed by atoms with Gasteiger partial charge >= 0.3 is 6.09 Å². The van der Waals surface area contributed by atoms with Gasteiger partial charge in [-0.1, -0.05) is 30.3 Å².